The van der Waals surface area contributed by atoms with E-state index < -0.39 is 17.4 Å². The minimum absolute atomic E-state index is 0.00458. The molecule has 5 nitrogen and oxygen atoms in total. The Kier molecular flexibility index (Phi) is 6.00. The average molecular weight is 338 g/mol. The molecule has 2 rings (SSSR count). The second-order valence-corrected chi connectivity index (χ2v) is 5.93. The summed E-state index contributed by atoms with van der Waals surface area (Å²) in [5.74, 6) is -2.82. The summed E-state index contributed by atoms with van der Waals surface area (Å²) >= 11 is 0. The van der Waals surface area contributed by atoms with E-state index in [1.165, 1.54) is 13.0 Å². The van der Waals surface area contributed by atoms with Crippen molar-refractivity contribution in [3.8, 4) is 0 Å². The lowest BCUT2D eigenvalue weighted by Gasteiger charge is -2.33. The van der Waals surface area contributed by atoms with Gasteiger partial charge in [-0.2, -0.15) is 0 Å². The Bertz CT molecular complexity index is 649. The maximum absolute atomic E-state index is 13.1. The molecule has 2 amide bonds. The van der Waals surface area contributed by atoms with Crippen LogP contribution in [0.3, 0.4) is 0 Å². The van der Waals surface area contributed by atoms with Crippen molar-refractivity contribution in [2.75, 3.05) is 13.1 Å². The van der Waals surface area contributed by atoms with Crippen LogP contribution in [0.25, 0.3) is 0 Å². The molecule has 0 aromatic heterocycles. The van der Waals surface area contributed by atoms with Gasteiger partial charge in [0.2, 0.25) is 11.8 Å². The highest BCUT2D eigenvalue weighted by Gasteiger charge is 2.24. The second-order valence-electron chi connectivity index (χ2n) is 5.93. The summed E-state index contributed by atoms with van der Waals surface area (Å²) in [5, 5.41) is 2.79. The fraction of sp³-hybridized carbons (Fsp3) is 0.471. The highest BCUT2D eigenvalue weighted by Crippen LogP contribution is 2.15. The highest BCUT2D eigenvalue weighted by atomic mass is 19.2. The molecule has 0 spiro atoms. The molecule has 130 valence electrons. The average Bonchev–Trinajstić information content (AvgIpc) is 2.54. The first-order valence-electron chi connectivity index (χ1n) is 7.90. The molecule has 1 aliphatic rings. The third kappa shape index (κ3) is 4.84. The molecule has 1 unspecified atom stereocenters. The summed E-state index contributed by atoms with van der Waals surface area (Å²) in [7, 11) is 0. The van der Waals surface area contributed by atoms with Gasteiger partial charge in [0.15, 0.2) is 17.4 Å². The first-order valence-corrected chi connectivity index (χ1v) is 7.90. The van der Waals surface area contributed by atoms with Crippen molar-refractivity contribution < 1.29 is 23.2 Å². The van der Waals surface area contributed by atoms with E-state index in [1.54, 1.807) is 4.90 Å². The Morgan fingerprint density at radius 2 is 1.96 bits per heavy atom. The number of benzene rings is 1. The second kappa shape index (κ2) is 7.99. The molecule has 0 bridgehead atoms. The van der Waals surface area contributed by atoms with Gasteiger partial charge in [0.25, 0.3) is 0 Å². The first-order chi connectivity index (χ1) is 11.4. The van der Waals surface area contributed by atoms with Gasteiger partial charge in [-0.1, -0.05) is 0 Å². The summed E-state index contributed by atoms with van der Waals surface area (Å²) in [5.41, 5.74) is 0.0523. The lowest BCUT2D eigenvalue weighted by molar-refractivity contribution is -0.133. The van der Waals surface area contributed by atoms with Gasteiger partial charge >= 0.3 is 0 Å². The van der Waals surface area contributed by atoms with Gasteiger partial charge in [0, 0.05) is 44.5 Å². The van der Waals surface area contributed by atoms with Gasteiger partial charge in [-0.05, 0) is 31.0 Å². The topological polar surface area (TPSA) is 66.5 Å². The molecule has 24 heavy (non-hydrogen) atoms. The zero-order valence-electron chi connectivity index (χ0n) is 13.5. The molecule has 0 saturated carbocycles. The standard InChI is InChI=1S/C17H20F2N2O3/c1-11(22)20-13-3-2-8-21(10-13)17(24)7-6-16(23)12-4-5-14(18)15(19)9-12/h4-5,9,13H,2-3,6-8,10H2,1H3,(H,20,22). The van der Waals surface area contributed by atoms with Crippen LogP contribution >= 0.6 is 0 Å². The minimum atomic E-state index is -1.08. The summed E-state index contributed by atoms with van der Waals surface area (Å²) < 4.78 is 26.0. The van der Waals surface area contributed by atoms with E-state index in [0.717, 1.165) is 25.0 Å². The van der Waals surface area contributed by atoms with Crippen molar-refractivity contribution >= 4 is 17.6 Å². The van der Waals surface area contributed by atoms with Crippen molar-refractivity contribution in [3.05, 3.63) is 35.4 Å². The highest BCUT2D eigenvalue weighted by molar-refractivity contribution is 5.97. The van der Waals surface area contributed by atoms with Crippen LogP contribution in [0.4, 0.5) is 8.78 Å². The summed E-state index contributed by atoms with van der Waals surface area (Å²) in [6.45, 7) is 2.45. The number of hydrogen-bond donors (Lipinski definition) is 1. The Morgan fingerprint density at radius 1 is 1.21 bits per heavy atom. The van der Waals surface area contributed by atoms with Gasteiger partial charge < -0.3 is 10.2 Å². The van der Waals surface area contributed by atoms with E-state index in [1.807, 2.05) is 0 Å². The van der Waals surface area contributed by atoms with Crippen LogP contribution in [0.5, 0.6) is 0 Å². The Morgan fingerprint density at radius 3 is 2.62 bits per heavy atom. The first kappa shape index (κ1) is 18.0. The van der Waals surface area contributed by atoms with E-state index in [-0.39, 0.29) is 36.3 Å². The molecular formula is C17H20F2N2O3. The molecule has 0 aliphatic carbocycles. The summed E-state index contributed by atoms with van der Waals surface area (Å²) in [6.07, 6.45) is 1.54. The van der Waals surface area contributed by atoms with Crippen LogP contribution in [0, 0.1) is 11.6 Å². The molecule has 7 heteroatoms. The summed E-state index contributed by atoms with van der Waals surface area (Å²) in [4.78, 5) is 36.9. The van der Waals surface area contributed by atoms with Crippen LogP contribution in [0.1, 0.15) is 43.0 Å². The number of amides is 2. The van der Waals surface area contributed by atoms with Crippen LogP contribution in [-0.4, -0.2) is 41.6 Å². The van der Waals surface area contributed by atoms with E-state index in [9.17, 15) is 23.2 Å². The van der Waals surface area contributed by atoms with Crippen molar-refractivity contribution in [1.29, 1.82) is 0 Å². The Hall–Kier alpha value is -2.31. The molecule has 1 aromatic rings. The molecule has 1 aliphatic heterocycles. The van der Waals surface area contributed by atoms with Crippen LogP contribution in [0.15, 0.2) is 18.2 Å². The SMILES string of the molecule is CC(=O)NC1CCCN(C(=O)CCC(=O)c2ccc(F)c(F)c2)C1. The maximum atomic E-state index is 13.1. The fourth-order valence-corrected chi connectivity index (χ4v) is 2.80. The number of Topliss-reactive ketones (excluding diaryl/α,β-unsaturated/α-hetero) is 1. The lowest BCUT2D eigenvalue weighted by atomic mass is 10.0. The quantitative estimate of drug-likeness (QED) is 0.836. The van der Waals surface area contributed by atoms with Crippen molar-refractivity contribution in [2.24, 2.45) is 0 Å². The number of nitrogens with zero attached hydrogens (tertiary/aromatic N) is 1. The third-order valence-corrected chi connectivity index (χ3v) is 3.99. The van der Waals surface area contributed by atoms with Gasteiger partial charge in [-0.3, -0.25) is 14.4 Å². The molecular weight excluding hydrogens is 318 g/mol. The molecule has 1 heterocycles. The molecule has 1 aromatic carbocycles. The van der Waals surface area contributed by atoms with E-state index in [0.29, 0.717) is 13.1 Å². The van der Waals surface area contributed by atoms with E-state index in [4.69, 9.17) is 0 Å². The molecule has 1 N–H and O–H groups in total. The van der Waals surface area contributed by atoms with Crippen LogP contribution in [-0.2, 0) is 9.59 Å². The van der Waals surface area contributed by atoms with Gasteiger partial charge in [0.05, 0.1) is 0 Å². The number of rotatable bonds is 5. The number of ketones is 1. The smallest absolute Gasteiger partial charge is 0.223 e. The van der Waals surface area contributed by atoms with Crippen molar-refractivity contribution in [1.82, 2.24) is 10.2 Å². The number of hydrogen-bond acceptors (Lipinski definition) is 3. The fourth-order valence-electron chi connectivity index (χ4n) is 2.80. The van der Waals surface area contributed by atoms with E-state index in [2.05, 4.69) is 5.32 Å². The van der Waals surface area contributed by atoms with Gasteiger partial charge in [-0.25, -0.2) is 8.78 Å². The minimum Gasteiger partial charge on any atom is -0.352 e. The van der Waals surface area contributed by atoms with Gasteiger partial charge in [-0.15, -0.1) is 0 Å². The lowest BCUT2D eigenvalue weighted by Crippen LogP contribution is -2.49. The number of likely N-dealkylation sites (tertiary alicyclic amines) is 1. The predicted octanol–water partition coefficient (Wildman–Crippen LogP) is 2.05. The Balaban J connectivity index is 1.86. The normalized spacial score (nSPS) is 17.5. The molecule has 1 atom stereocenters. The maximum Gasteiger partial charge on any atom is 0.223 e. The molecule has 0 radical (unpaired) electrons. The third-order valence-electron chi connectivity index (χ3n) is 3.99. The number of nitrogens with one attached hydrogen (secondary N) is 1. The number of carbonyl (C=O) groups is 3. The largest absolute Gasteiger partial charge is 0.352 e. The monoisotopic (exact) mass is 338 g/mol. The van der Waals surface area contributed by atoms with Crippen LogP contribution in [0.2, 0.25) is 0 Å². The van der Waals surface area contributed by atoms with E-state index >= 15 is 0 Å². The Labute approximate surface area is 139 Å². The molecule has 1 saturated heterocycles. The summed E-state index contributed by atoms with van der Waals surface area (Å²) in [6, 6.07) is 2.88. The number of halogens is 2. The zero-order chi connectivity index (χ0) is 17.7. The van der Waals surface area contributed by atoms with Crippen molar-refractivity contribution in [2.45, 2.75) is 38.6 Å². The molecule has 1 fully saturated rings. The van der Waals surface area contributed by atoms with Gasteiger partial charge in [0.1, 0.15) is 0 Å². The zero-order valence-corrected chi connectivity index (χ0v) is 13.5. The number of carbonyl (C=O) groups excluding carboxylic acids is 3. The number of piperidine rings is 1. The predicted molar refractivity (Wildman–Crippen MR) is 83.3 cm³/mol. The van der Waals surface area contributed by atoms with Crippen LogP contribution < -0.4 is 5.32 Å². The van der Waals surface area contributed by atoms with Crippen molar-refractivity contribution in [3.63, 3.8) is 0 Å².